The number of rotatable bonds is 9. The molecule has 1 aromatic heterocycles. The van der Waals surface area contributed by atoms with Crippen LogP contribution in [0.2, 0.25) is 0 Å². The van der Waals surface area contributed by atoms with Gasteiger partial charge in [0.1, 0.15) is 0 Å². The van der Waals surface area contributed by atoms with Crippen LogP contribution in [-0.4, -0.2) is 61.0 Å². The molecule has 0 spiro atoms. The minimum atomic E-state index is -0.203. The van der Waals surface area contributed by atoms with Gasteiger partial charge in [-0.05, 0) is 37.2 Å². The molecule has 0 aliphatic carbocycles. The van der Waals surface area contributed by atoms with Gasteiger partial charge >= 0.3 is 0 Å². The van der Waals surface area contributed by atoms with Crippen LogP contribution in [0, 0.1) is 0 Å². The molecule has 1 fully saturated rings. The zero-order valence-electron chi connectivity index (χ0n) is 18.6. The third-order valence-electron chi connectivity index (χ3n) is 5.62. The lowest BCUT2D eigenvalue weighted by Gasteiger charge is -2.36. The number of aromatic nitrogens is 1. The molecule has 172 valence electrons. The average molecular weight is 464 g/mol. The number of amides is 2. The molecule has 0 bridgehead atoms. The number of nitrogens with zero attached hydrogens (tertiary/aromatic N) is 3. The molecule has 7 nitrogen and oxygen atoms in total. The lowest BCUT2D eigenvalue weighted by Crippen LogP contribution is -2.47. The summed E-state index contributed by atoms with van der Waals surface area (Å²) in [5, 5.41) is 8.08. The number of para-hydroxylation sites is 1. The van der Waals surface area contributed by atoms with E-state index in [2.05, 4.69) is 49.7 Å². The molecule has 0 unspecified atom stereocenters. The second-order valence-corrected chi connectivity index (χ2v) is 8.87. The molecule has 1 aliphatic heterocycles. The third kappa shape index (κ3) is 6.87. The zero-order valence-corrected chi connectivity index (χ0v) is 19.4. The molecule has 33 heavy (non-hydrogen) atoms. The molecular weight excluding hydrogens is 434 g/mol. The van der Waals surface area contributed by atoms with Gasteiger partial charge < -0.3 is 10.2 Å². The number of carbonyl (C=O) groups excluding carboxylic acids is 2. The first-order valence-corrected chi connectivity index (χ1v) is 12.2. The van der Waals surface area contributed by atoms with Crippen LogP contribution in [0.3, 0.4) is 0 Å². The third-order valence-corrected chi connectivity index (χ3v) is 6.42. The molecule has 2 heterocycles. The number of hydrogen-bond donors (Lipinski definition) is 2. The van der Waals surface area contributed by atoms with Crippen molar-refractivity contribution < 1.29 is 9.59 Å². The highest BCUT2D eigenvalue weighted by atomic mass is 32.1. The van der Waals surface area contributed by atoms with Gasteiger partial charge in [-0.25, -0.2) is 4.98 Å². The largest absolute Gasteiger partial charge is 0.369 e. The van der Waals surface area contributed by atoms with E-state index in [9.17, 15) is 9.59 Å². The molecule has 2 aromatic carbocycles. The van der Waals surface area contributed by atoms with Gasteiger partial charge in [0, 0.05) is 49.4 Å². The van der Waals surface area contributed by atoms with Gasteiger partial charge in [-0.3, -0.25) is 19.8 Å². The van der Waals surface area contributed by atoms with Gasteiger partial charge in [-0.15, -0.1) is 11.3 Å². The SMILES string of the molecule is O=C(Cc1csc(NC(=O)c2ccccc2)n1)NCCCN1CCN(c2ccccc2)CC1. The Labute approximate surface area is 198 Å². The predicted molar refractivity (Wildman–Crippen MR) is 133 cm³/mol. The van der Waals surface area contributed by atoms with Crippen LogP contribution in [0.5, 0.6) is 0 Å². The molecular formula is C25H29N5O2S. The number of benzene rings is 2. The molecule has 0 radical (unpaired) electrons. The Morgan fingerprint density at radius 3 is 2.36 bits per heavy atom. The summed E-state index contributed by atoms with van der Waals surface area (Å²) in [6, 6.07) is 19.5. The smallest absolute Gasteiger partial charge is 0.257 e. The van der Waals surface area contributed by atoms with Gasteiger partial charge in [-0.2, -0.15) is 0 Å². The predicted octanol–water partition coefficient (Wildman–Crippen LogP) is 3.27. The number of piperazine rings is 1. The fraction of sp³-hybridized carbons (Fsp3) is 0.320. The number of carbonyl (C=O) groups is 2. The van der Waals surface area contributed by atoms with Crippen molar-refractivity contribution >= 4 is 34.0 Å². The number of anilines is 2. The number of nitrogens with one attached hydrogen (secondary N) is 2. The van der Waals surface area contributed by atoms with Crippen LogP contribution in [0.25, 0.3) is 0 Å². The first-order valence-electron chi connectivity index (χ1n) is 11.3. The first kappa shape index (κ1) is 22.9. The van der Waals surface area contributed by atoms with Gasteiger partial charge in [0.05, 0.1) is 12.1 Å². The van der Waals surface area contributed by atoms with Crippen molar-refractivity contribution in [1.82, 2.24) is 15.2 Å². The molecule has 4 rings (SSSR count). The van der Waals surface area contributed by atoms with E-state index in [1.165, 1.54) is 17.0 Å². The standard InChI is InChI=1S/C25H29N5O2S/c31-23(18-21-19-33-25(27-21)28-24(32)20-8-3-1-4-9-20)26-12-7-13-29-14-16-30(17-15-29)22-10-5-2-6-11-22/h1-6,8-11,19H,7,12-18H2,(H,26,31)(H,27,28,32). The van der Waals surface area contributed by atoms with Crippen molar-refractivity contribution in [3.05, 3.63) is 77.3 Å². The Hall–Kier alpha value is -3.23. The van der Waals surface area contributed by atoms with Crippen molar-refractivity contribution in [1.29, 1.82) is 0 Å². The van der Waals surface area contributed by atoms with E-state index >= 15 is 0 Å². The molecule has 3 aromatic rings. The fourth-order valence-electron chi connectivity index (χ4n) is 3.83. The van der Waals surface area contributed by atoms with E-state index in [-0.39, 0.29) is 18.2 Å². The Morgan fingerprint density at radius 1 is 0.939 bits per heavy atom. The molecule has 2 amide bonds. The van der Waals surface area contributed by atoms with Crippen LogP contribution >= 0.6 is 11.3 Å². The Bertz CT molecular complexity index is 1030. The molecule has 1 saturated heterocycles. The molecule has 2 N–H and O–H groups in total. The highest BCUT2D eigenvalue weighted by Gasteiger charge is 2.16. The van der Waals surface area contributed by atoms with Crippen molar-refractivity contribution in [3.8, 4) is 0 Å². The van der Waals surface area contributed by atoms with E-state index in [0.29, 0.717) is 22.9 Å². The zero-order chi connectivity index (χ0) is 22.9. The fourth-order valence-corrected chi connectivity index (χ4v) is 4.54. The van der Waals surface area contributed by atoms with Crippen molar-refractivity contribution in [2.24, 2.45) is 0 Å². The summed E-state index contributed by atoms with van der Waals surface area (Å²) >= 11 is 1.33. The van der Waals surface area contributed by atoms with Gasteiger partial charge in [0.25, 0.3) is 5.91 Å². The maximum Gasteiger partial charge on any atom is 0.257 e. The maximum absolute atomic E-state index is 12.3. The summed E-state index contributed by atoms with van der Waals surface area (Å²) in [6.07, 6.45) is 1.14. The van der Waals surface area contributed by atoms with Crippen LogP contribution < -0.4 is 15.5 Å². The van der Waals surface area contributed by atoms with Gasteiger partial charge in [0.15, 0.2) is 5.13 Å². The van der Waals surface area contributed by atoms with Crippen LogP contribution in [0.15, 0.2) is 66.0 Å². The summed E-state index contributed by atoms with van der Waals surface area (Å²) < 4.78 is 0. The Morgan fingerprint density at radius 2 is 1.64 bits per heavy atom. The van der Waals surface area contributed by atoms with Crippen molar-refractivity contribution in [3.63, 3.8) is 0 Å². The summed E-state index contributed by atoms with van der Waals surface area (Å²) in [5.41, 5.74) is 2.53. The second-order valence-electron chi connectivity index (χ2n) is 8.01. The monoisotopic (exact) mass is 463 g/mol. The van der Waals surface area contributed by atoms with Crippen LogP contribution in [-0.2, 0) is 11.2 Å². The second kappa shape index (κ2) is 11.6. The molecule has 1 aliphatic rings. The lowest BCUT2D eigenvalue weighted by atomic mass is 10.2. The van der Waals surface area contributed by atoms with E-state index in [0.717, 1.165) is 39.1 Å². The summed E-state index contributed by atoms with van der Waals surface area (Å²) in [4.78, 5) is 33.7. The average Bonchev–Trinajstić information content (AvgIpc) is 3.29. The van der Waals surface area contributed by atoms with Gasteiger partial charge in [0.2, 0.25) is 5.91 Å². The van der Waals surface area contributed by atoms with E-state index in [4.69, 9.17) is 0 Å². The normalized spacial score (nSPS) is 14.1. The van der Waals surface area contributed by atoms with E-state index < -0.39 is 0 Å². The number of hydrogen-bond acceptors (Lipinski definition) is 6. The highest BCUT2D eigenvalue weighted by molar-refractivity contribution is 7.14. The van der Waals surface area contributed by atoms with E-state index in [1.54, 1.807) is 12.1 Å². The van der Waals surface area contributed by atoms with E-state index in [1.807, 2.05) is 29.6 Å². The topological polar surface area (TPSA) is 77.6 Å². The quantitative estimate of drug-likeness (QED) is 0.477. The Kier molecular flexibility index (Phi) is 8.05. The highest BCUT2D eigenvalue weighted by Crippen LogP contribution is 2.17. The van der Waals surface area contributed by atoms with Crippen LogP contribution in [0.4, 0.5) is 10.8 Å². The van der Waals surface area contributed by atoms with Crippen LogP contribution in [0.1, 0.15) is 22.5 Å². The maximum atomic E-state index is 12.3. The first-order chi connectivity index (χ1) is 16.2. The van der Waals surface area contributed by atoms with Gasteiger partial charge in [-0.1, -0.05) is 36.4 Å². The van der Waals surface area contributed by atoms with Crippen molar-refractivity contribution in [2.75, 3.05) is 49.5 Å². The molecule has 0 atom stereocenters. The lowest BCUT2D eigenvalue weighted by molar-refractivity contribution is -0.120. The number of thiazole rings is 1. The summed E-state index contributed by atoms with van der Waals surface area (Å²) in [5.74, 6) is -0.249. The molecule has 8 heteroatoms. The summed E-state index contributed by atoms with van der Waals surface area (Å²) in [7, 11) is 0. The molecule has 0 saturated carbocycles. The minimum absolute atomic E-state index is 0.0462. The van der Waals surface area contributed by atoms with Crippen molar-refractivity contribution in [2.45, 2.75) is 12.8 Å². The Balaban J connectivity index is 1.11. The summed E-state index contributed by atoms with van der Waals surface area (Å²) in [6.45, 7) is 5.78. The minimum Gasteiger partial charge on any atom is -0.369 e.